The Bertz CT molecular complexity index is 613. The molecule has 1 aromatic carbocycles. The van der Waals surface area contributed by atoms with Gasteiger partial charge in [0.05, 0.1) is 16.8 Å². The van der Waals surface area contributed by atoms with Gasteiger partial charge in [0.2, 0.25) is 0 Å². The largest absolute Gasteiger partial charge is 0.478 e. The second-order valence-corrected chi connectivity index (χ2v) is 5.17. The topological polar surface area (TPSA) is 95.5 Å². The van der Waals surface area contributed by atoms with Gasteiger partial charge in [-0.05, 0) is 18.2 Å². The van der Waals surface area contributed by atoms with E-state index in [0.29, 0.717) is 12.1 Å². The van der Waals surface area contributed by atoms with Gasteiger partial charge in [-0.1, -0.05) is 6.92 Å². The minimum absolute atomic E-state index is 0.0401. The fourth-order valence-corrected chi connectivity index (χ4v) is 2.28. The summed E-state index contributed by atoms with van der Waals surface area (Å²) < 4.78 is 64.2. The predicted molar refractivity (Wildman–Crippen MR) is 64.6 cm³/mol. The van der Waals surface area contributed by atoms with E-state index in [1.54, 1.807) is 0 Å². The number of hydrogen-bond acceptors (Lipinski definition) is 3. The van der Waals surface area contributed by atoms with Crippen LogP contribution in [0.5, 0.6) is 0 Å². The first-order valence-corrected chi connectivity index (χ1v) is 6.77. The van der Waals surface area contributed by atoms with Crippen LogP contribution in [-0.2, 0) is 16.4 Å². The number of alkyl halides is 3. The van der Waals surface area contributed by atoms with Crippen LogP contribution in [0.4, 0.5) is 18.9 Å². The number of carbonyl (C=O) groups is 1. The summed E-state index contributed by atoms with van der Waals surface area (Å²) in [6, 6.07) is 1.71. The number of carboxylic acid groups (broad SMARTS) is 1. The average Bonchev–Trinajstić information content (AvgIpc) is 2.26. The summed E-state index contributed by atoms with van der Waals surface area (Å²) in [5.74, 6) is -1.68. The molecule has 112 valence electrons. The summed E-state index contributed by atoms with van der Waals surface area (Å²) in [4.78, 5) is 10.9. The first-order valence-electron chi connectivity index (χ1n) is 5.28. The number of nitrogens with one attached hydrogen (secondary N) is 2. The molecule has 3 N–H and O–H groups in total. The predicted octanol–water partition coefficient (Wildman–Crippen LogP) is 1.67. The summed E-state index contributed by atoms with van der Waals surface area (Å²) >= 11 is 0. The van der Waals surface area contributed by atoms with E-state index in [2.05, 4.69) is 0 Å². The number of benzene rings is 1. The van der Waals surface area contributed by atoms with Crippen LogP contribution in [0.25, 0.3) is 0 Å². The Hall–Kier alpha value is -1.81. The minimum atomic E-state index is -4.72. The Morgan fingerprint density at radius 2 is 1.95 bits per heavy atom. The van der Waals surface area contributed by atoms with Crippen molar-refractivity contribution in [1.82, 2.24) is 4.72 Å². The van der Waals surface area contributed by atoms with E-state index in [4.69, 9.17) is 5.11 Å². The molecule has 0 saturated heterocycles. The molecule has 0 aliphatic heterocycles. The van der Waals surface area contributed by atoms with Crippen LogP contribution in [0.15, 0.2) is 18.2 Å². The minimum Gasteiger partial charge on any atom is -0.478 e. The standard InChI is InChI=1S/C10H11F3N2O4S/c1-2-14-20(18,19)15-8-4-3-6(10(11,12)13)5-7(8)9(16)17/h3-5,14-15H,2H2,1H3,(H,16,17). The highest BCUT2D eigenvalue weighted by Gasteiger charge is 2.32. The molecule has 0 saturated carbocycles. The zero-order valence-electron chi connectivity index (χ0n) is 10.2. The van der Waals surface area contributed by atoms with Crippen LogP contribution in [0.1, 0.15) is 22.8 Å². The van der Waals surface area contributed by atoms with Crippen molar-refractivity contribution in [3.63, 3.8) is 0 Å². The molecule has 0 aliphatic rings. The van der Waals surface area contributed by atoms with Gasteiger partial charge in [0.25, 0.3) is 10.2 Å². The maximum Gasteiger partial charge on any atom is 0.416 e. The quantitative estimate of drug-likeness (QED) is 0.770. The number of aromatic carboxylic acids is 1. The Morgan fingerprint density at radius 1 is 1.35 bits per heavy atom. The maximum atomic E-state index is 12.5. The monoisotopic (exact) mass is 312 g/mol. The zero-order valence-corrected chi connectivity index (χ0v) is 11.0. The van der Waals surface area contributed by atoms with Gasteiger partial charge in [0.1, 0.15) is 0 Å². The maximum absolute atomic E-state index is 12.5. The molecule has 0 heterocycles. The fourth-order valence-electron chi connectivity index (χ4n) is 1.36. The molecule has 0 fully saturated rings. The summed E-state index contributed by atoms with van der Waals surface area (Å²) in [7, 11) is -4.03. The number of hydrogen-bond donors (Lipinski definition) is 3. The van der Waals surface area contributed by atoms with E-state index in [0.717, 1.165) is 6.07 Å². The first kappa shape index (κ1) is 16.2. The van der Waals surface area contributed by atoms with Gasteiger partial charge in [-0.25, -0.2) is 4.79 Å². The third kappa shape index (κ3) is 4.10. The molecule has 0 radical (unpaired) electrons. The van der Waals surface area contributed by atoms with Crippen molar-refractivity contribution in [2.24, 2.45) is 0 Å². The van der Waals surface area contributed by atoms with Gasteiger partial charge in [-0.2, -0.15) is 26.3 Å². The third-order valence-electron chi connectivity index (χ3n) is 2.16. The van der Waals surface area contributed by atoms with Crippen LogP contribution in [0, 0.1) is 0 Å². The molecule has 0 bridgehead atoms. The number of anilines is 1. The van der Waals surface area contributed by atoms with Crippen molar-refractivity contribution in [2.75, 3.05) is 11.3 Å². The number of rotatable bonds is 5. The Morgan fingerprint density at radius 3 is 2.40 bits per heavy atom. The lowest BCUT2D eigenvalue weighted by Crippen LogP contribution is -2.30. The van der Waals surface area contributed by atoms with Crippen LogP contribution < -0.4 is 9.44 Å². The molecule has 20 heavy (non-hydrogen) atoms. The second kappa shape index (κ2) is 5.67. The Balaban J connectivity index is 3.25. The first-order chi connectivity index (χ1) is 9.07. The molecule has 0 spiro atoms. The smallest absolute Gasteiger partial charge is 0.416 e. The van der Waals surface area contributed by atoms with Gasteiger partial charge < -0.3 is 5.11 Å². The highest BCUT2D eigenvalue weighted by molar-refractivity contribution is 7.90. The summed E-state index contributed by atoms with van der Waals surface area (Å²) in [5, 5.41) is 8.86. The van der Waals surface area contributed by atoms with Crippen molar-refractivity contribution in [2.45, 2.75) is 13.1 Å². The third-order valence-corrected chi connectivity index (χ3v) is 3.31. The van der Waals surface area contributed by atoms with Crippen LogP contribution in [0.2, 0.25) is 0 Å². The van der Waals surface area contributed by atoms with Crippen molar-refractivity contribution in [1.29, 1.82) is 0 Å². The van der Waals surface area contributed by atoms with Crippen molar-refractivity contribution >= 4 is 21.9 Å². The molecule has 1 aromatic rings. The molecule has 0 aromatic heterocycles. The summed E-state index contributed by atoms with van der Waals surface area (Å²) in [6.45, 7) is 1.53. The molecular formula is C10H11F3N2O4S. The molecule has 0 unspecified atom stereocenters. The second-order valence-electron chi connectivity index (χ2n) is 3.67. The van der Waals surface area contributed by atoms with Crippen LogP contribution >= 0.6 is 0 Å². The molecule has 0 atom stereocenters. The molecule has 0 aliphatic carbocycles. The van der Waals surface area contributed by atoms with E-state index < -0.39 is 39.2 Å². The van der Waals surface area contributed by atoms with Crippen LogP contribution in [0.3, 0.4) is 0 Å². The molecular weight excluding hydrogens is 301 g/mol. The number of carboxylic acids is 1. The molecule has 10 heteroatoms. The van der Waals surface area contributed by atoms with Gasteiger partial charge in [-0.3, -0.25) is 4.72 Å². The van der Waals surface area contributed by atoms with Gasteiger partial charge in [0.15, 0.2) is 0 Å². The Labute approximate surface area is 112 Å². The van der Waals surface area contributed by atoms with Crippen LogP contribution in [-0.4, -0.2) is 26.0 Å². The zero-order chi connectivity index (χ0) is 15.6. The summed E-state index contributed by atoms with van der Waals surface area (Å²) in [5.41, 5.74) is -2.42. The lowest BCUT2D eigenvalue weighted by molar-refractivity contribution is -0.137. The van der Waals surface area contributed by atoms with Crippen molar-refractivity contribution < 1.29 is 31.5 Å². The fraction of sp³-hybridized carbons (Fsp3) is 0.300. The molecule has 6 nitrogen and oxygen atoms in total. The average molecular weight is 312 g/mol. The van der Waals surface area contributed by atoms with E-state index in [1.807, 2.05) is 9.44 Å². The number of halogens is 3. The van der Waals surface area contributed by atoms with E-state index in [9.17, 15) is 26.4 Å². The SMILES string of the molecule is CCNS(=O)(=O)Nc1ccc(C(F)(F)F)cc1C(=O)O. The lowest BCUT2D eigenvalue weighted by Gasteiger charge is -2.13. The lowest BCUT2D eigenvalue weighted by atomic mass is 10.1. The Kier molecular flexibility index (Phi) is 4.61. The molecule has 0 amide bonds. The van der Waals surface area contributed by atoms with E-state index >= 15 is 0 Å². The van der Waals surface area contributed by atoms with E-state index in [-0.39, 0.29) is 6.54 Å². The van der Waals surface area contributed by atoms with Gasteiger partial charge in [0, 0.05) is 6.54 Å². The molecule has 1 rings (SSSR count). The highest BCUT2D eigenvalue weighted by atomic mass is 32.2. The normalized spacial score (nSPS) is 12.2. The van der Waals surface area contributed by atoms with Gasteiger partial charge in [-0.15, -0.1) is 0 Å². The summed E-state index contributed by atoms with van der Waals surface area (Å²) in [6.07, 6.45) is -4.72. The van der Waals surface area contributed by atoms with E-state index in [1.165, 1.54) is 6.92 Å². The highest BCUT2D eigenvalue weighted by Crippen LogP contribution is 2.32. The van der Waals surface area contributed by atoms with Gasteiger partial charge >= 0.3 is 12.1 Å². The van der Waals surface area contributed by atoms with Crippen molar-refractivity contribution in [3.05, 3.63) is 29.3 Å². The van der Waals surface area contributed by atoms with Crippen molar-refractivity contribution in [3.8, 4) is 0 Å².